The van der Waals surface area contributed by atoms with Crippen molar-refractivity contribution in [2.45, 2.75) is 78.1 Å². The Bertz CT molecular complexity index is 528. The van der Waals surface area contributed by atoms with Gasteiger partial charge in [0.25, 0.3) is 0 Å². The lowest BCUT2D eigenvalue weighted by Crippen LogP contribution is -2.58. The Morgan fingerprint density at radius 3 is 2.42 bits per heavy atom. The van der Waals surface area contributed by atoms with Crippen molar-refractivity contribution in [2.24, 2.45) is 28.1 Å². The summed E-state index contributed by atoms with van der Waals surface area (Å²) in [4.78, 5) is 0. The second kappa shape index (κ2) is 5.80. The van der Waals surface area contributed by atoms with E-state index in [2.05, 4.69) is 26.8 Å². The SMILES string of the molecule is CC1(C)C(O)CC[C@@]2(C)[C@@H]3CC[C@](C)(C(O)CO)C=C3C(O)C[C@H]12. The van der Waals surface area contributed by atoms with Crippen molar-refractivity contribution in [2.75, 3.05) is 6.61 Å². The van der Waals surface area contributed by atoms with Crippen LogP contribution in [0.3, 0.4) is 0 Å². The number of rotatable bonds is 2. The van der Waals surface area contributed by atoms with Gasteiger partial charge in [0.1, 0.15) is 0 Å². The minimum absolute atomic E-state index is 0.0826. The monoisotopic (exact) mass is 338 g/mol. The molecular formula is C20H34O4. The van der Waals surface area contributed by atoms with E-state index in [9.17, 15) is 20.4 Å². The second-order valence-corrected chi connectivity index (χ2v) is 9.63. The van der Waals surface area contributed by atoms with Crippen LogP contribution in [-0.2, 0) is 0 Å². The fraction of sp³-hybridized carbons (Fsp3) is 0.900. The highest BCUT2D eigenvalue weighted by Crippen LogP contribution is 2.63. The third kappa shape index (κ3) is 2.49. The van der Waals surface area contributed by atoms with E-state index < -0.39 is 17.6 Å². The maximum Gasteiger partial charge on any atom is 0.0858 e. The standard InChI is InChI=1S/C20H34O4/c1-18(2)15-9-14(22)12-10-19(3,17(24)11-21)7-5-13(12)20(15,4)8-6-16(18)23/h10,13-17,21-24H,5-9,11H2,1-4H3/t13-,14?,15-,16?,17?,19+,20+/m1/s1. The van der Waals surface area contributed by atoms with Crippen molar-refractivity contribution in [3.8, 4) is 0 Å². The van der Waals surface area contributed by atoms with Crippen LogP contribution in [0.25, 0.3) is 0 Å². The van der Waals surface area contributed by atoms with Gasteiger partial charge in [0.05, 0.1) is 24.9 Å². The van der Waals surface area contributed by atoms with E-state index in [4.69, 9.17) is 0 Å². The highest BCUT2D eigenvalue weighted by molar-refractivity contribution is 5.28. The molecule has 4 nitrogen and oxygen atoms in total. The molecule has 2 saturated carbocycles. The Morgan fingerprint density at radius 2 is 1.79 bits per heavy atom. The molecule has 0 radical (unpaired) electrons. The predicted molar refractivity (Wildman–Crippen MR) is 93.2 cm³/mol. The molecule has 0 heterocycles. The Morgan fingerprint density at radius 1 is 1.12 bits per heavy atom. The zero-order valence-corrected chi connectivity index (χ0v) is 15.5. The first-order chi connectivity index (χ1) is 11.1. The number of hydrogen-bond donors (Lipinski definition) is 4. The third-order valence-electron chi connectivity index (χ3n) is 7.95. The van der Waals surface area contributed by atoms with Gasteiger partial charge in [-0.3, -0.25) is 0 Å². The van der Waals surface area contributed by atoms with Crippen LogP contribution >= 0.6 is 0 Å². The van der Waals surface area contributed by atoms with Gasteiger partial charge in [0.15, 0.2) is 0 Å². The van der Waals surface area contributed by atoms with Crippen LogP contribution < -0.4 is 0 Å². The first-order valence-electron chi connectivity index (χ1n) is 9.44. The van der Waals surface area contributed by atoms with E-state index in [1.807, 2.05) is 6.92 Å². The van der Waals surface area contributed by atoms with Gasteiger partial charge in [-0.2, -0.15) is 0 Å². The molecule has 0 saturated heterocycles. The first kappa shape index (κ1) is 18.4. The fourth-order valence-electron chi connectivity index (χ4n) is 6.11. The molecule has 3 rings (SSSR count). The summed E-state index contributed by atoms with van der Waals surface area (Å²) < 4.78 is 0. The van der Waals surface area contributed by atoms with Gasteiger partial charge < -0.3 is 20.4 Å². The molecule has 0 aliphatic heterocycles. The third-order valence-corrected chi connectivity index (χ3v) is 7.95. The average Bonchev–Trinajstić information content (AvgIpc) is 2.53. The lowest BCUT2D eigenvalue weighted by molar-refractivity contribution is -0.145. The quantitative estimate of drug-likeness (QED) is 0.582. The summed E-state index contributed by atoms with van der Waals surface area (Å²) in [6, 6.07) is 0. The lowest BCUT2D eigenvalue weighted by atomic mass is 9.44. The van der Waals surface area contributed by atoms with Crippen molar-refractivity contribution in [3.05, 3.63) is 11.6 Å². The highest BCUT2D eigenvalue weighted by atomic mass is 16.3. The molecule has 3 aliphatic carbocycles. The average molecular weight is 338 g/mol. The van der Waals surface area contributed by atoms with E-state index in [-0.39, 0.29) is 29.5 Å². The van der Waals surface area contributed by atoms with Crippen molar-refractivity contribution in [3.63, 3.8) is 0 Å². The Hall–Kier alpha value is -0.420. The van der Waals surface area contributed by atoms with Gasteiger partial charge in [0, 0.05) is 5.41 Å². The summed E-state index contributed by atoms with van der Waals surface area (Å²) in [6.07, 6.45) is 4.68. The number of hydrogen-bond acceptors (Lipinski definition) is 4. The topological polar surface area (TPSA) is 80.9 Å². The maximum absolute atomic E-state index is 10.9. The smallest absolute Gasteiger partial charge is 0.0858 e. The largest absolute Gasteiger partial charge is 0.394 e. The molecule has 0 spiro atoms. The van der Waals surface area contributed by atoms with Crippen LogP contribution in [0.5, 0.6) is 0 Å². The van der Waals surface area contributed by atoms with Crippen LogP contribution in [0.15, 0.2) is 11.6 Å². The molecule has 0 bridgehead atoms. The van der Waals surface area contributed by atoms with Crippen LogP contribution in [0.4, 0.5) is 0 Å². The summed E-state index contributed by atoms with van der Waals surface area (Å²) in [5.74, 6) is 0.593. The van der Waals surface area contributed by atoms with Gasteiger partial charge in [-0.05, 0) is 60.3 Å². The Kier molecular flexibility index (Phi) is 4.44. The van der Waals surface area contributed by atoms with E-state index in [0.29, 0.717) is 12.3 Å². The van der Waals surface area contributed by atoms with Gasteiger partial charge in [0.2, 0.25) is 0 Å². The zero-order chi connectivity index (χ0) is 17.9. The van der Waals surface area contributed by atoms with Crippen LogP contribution in [-0.4, -0.2) is 45.3 Å². The molecule has 7 atom stereocenters. The summed E-state index contributed by atoms with van der Waals surface area (Å²) in [6.45, 7) is 8.35. The van der Waals surface area contributed by atoms with Crippen LogP contribution in [0, 0.1) is 28.1 Å². The molecule has 3 aliphatic rings. The van der Waals surface area contributed by atoms with E-state index >= 15 is 0 Å². The molecule has 0 aromatic rings. The minimum Gasteiger partial charge on any atom is -0.394 e. The van der Waals surface area contributed by atoms with Crippen molar-refractivity contribution in [1.82, 2.24) is 0 Å². The van der Waals surface area contributed by atoms with Gasteiger partial charge in [-0.25, -0.2) is 0 Å². The first-order valence-corrected chi connectivity index (χ1v) is 9.44. The molecule has 0 aromatic heterocycles. The molecule has 138 valence electrons. The molecule has 4 N–H and O–H groups in total. The number of aliphatic hydroxyl groups is 4. The van der Waals surface area contributed by atoms with Gasteiger partial charge >= 0.3 is 0 Å². The minimum atomic E-state index is -0.784. The van der Waals surface area contributed by atoms with Crippen molar-refractivity contribution >= 4 is 0 Å². The highest BCUT2D eigenvalue weighted by Gasteiger charge is 2.59. The Balaban J connectivity index is 2.00. The summed E-state index contributed by atoms with van der Waals surface area (Å²) in [5, 5.41) is 41.0. The van der Waals surface area contributed by atoms with Crippen molar-refractivity contribution in [1.29, 1.82) is 0 Å². The van der Waals surface area contributed by atoms with Crippen LogP contribution in [0.1, 0.15) is 59.8 Å². The second-order valence-electron chi connectivity index (χ2n) is 9.63. The Labute approximate surface area is 145 Å². The van der Waals surface area contributed by atoms with Gasteiger partial charge in [-0.15, -0.1) is 0 Å². The lowest BCUT2D eigenvalue weighted by Gasteiger charge is -2.62. The predicted octanol–water partition coefficient (Wildman–Crippen LogP) is 2.25. The number of aliphatic hydroxyl groups excluding tert-OH is 4. The molecule has 3 unspecified atom stereocenters. The zero-order valence-electron chi connectivity index (χ0n) is 15.5. The number of fused-ring (bicyclic) bond motifs is 3. The van der Waals surface area contributed by atoms with E-state index in [0.717, 1.165) is 31.3 Å². The summed E-state index contributed by atoms with van der Waals surface area (Å²) in [7, 11) is 0. The normalized spacial score (nSPS) is 48.9. The summed E-state index contributed by atoms with van der Waals surface area (Å²) >= 11 is 0. The molecule has 4 heteroatoms. The van der Waals surface area contributed by atoms with E-state index in [1.54, 1.807) is 0 Å². The fourth-order valence-corrected chi connectivity index (χ4v) is 6.11. The van der Waals surface area contributed by atoms with Crippen LogP contribution in [0.2, 0.25) is 0 Å². The van der Waals surface area contributed by atoms with Gasteiger partial charge in [-0.1, -0.05) is 33.8 Å². The maximum atomic E-state index is 10.9. The molecule has 24 heavy (non-hydrogen) atoms. The molecule has 0 amide bonds. The molecule has 0 aromatic carbocycles. The molecular weight excluding hydrogens is 304 g/mol. The van der Waals surface area contributed by atoms with E-state index in [1.165, 1.54) is 0 Å². The molecule has 2 fully saturated rings. The van der Waals surface area contributed by atoms with Crippen molar-refractivity contribution < 1.29 is 20.4 Å². The summed E-state index contributed by atoms with van der Waals surface area (Å²) in [5.41, 5.74) is 0.487.